The smallest absolute Gasteiger partial charge is 0.243 e. The molecule has 0 bridgehead atoms. The minimum Gasteiger partial charge on any atom is -0.366 e. The van der Waals surface area contributed by atoms with Crippen molar-refractivity contribution in [3.05, 3.63) is 44.4 Å². The molecule has 0 unspecified atom stereocenters. The van der Waals surface area contributed by atoms with E-state index in [0.717, 1.165) is 10.0 Å². The molecule has 0 radical (unpaired) electrons. The average Bonchev–Trinajstić information content (AvgIpc) is 2.27. The number of nitro groups is 1. The van der Waals surface area contributed by atoms with Crippen LogP contribution in [0.3, 0.4) is 0 Å². The van der Waals surface area contributed by atoms with Crippen LogP contribution < -0.4 is 0 Å². The molecule has 3 atom stereocenters. The maximum Gasteiger partial charge on any atom is 0.243 e. The molecular formula is C12H14BrNO4. The number of benzene rings is 1. The molecule has 2 rings (SSSR count). The molecule has 1 aromatic carbocycles. The van der Waals surface area contributed by atoms with Crippen LogP contribution in [0.25, 0.3) is 0 Å². The van der Waals surface area contributed by atoms with Crippen LogP contribution in [0, 0.1) is 10.1 Å². The van der Waals surface area contributed by atoms with Crippen LogP contribution in [0.15, 0.2) is 28.7 Å². The van der Waals surface area contributed by atoms with Crippen molar-refractivity contribution in [2.24, 2.45) is 0 Å². The summed E-state index contributed by atoms with van der Waals surface area (Å²) in [6.45, 7) is 1.46. The summed E-state index contributed by atoms with van der Waals surface area (Å²) < 4.78 is 5.95. The van der Waals surface area contributed by atoms with Gasteiger partial charge in [0.15, 0.2) is 5.79 Å². The summed E-state index contributed by atoms with van der Waals surface area (Å²) in [5, 5.41) is 21.0. The SMILES string of the molecule is C[C@]1(O)C[C@H](c2ccccc2Br)[C@@H]([N+](=O)[O-])CO1. The lowest BCUT2D eigenvalue weighted by Gasteiger charge is -2.36. The molecule has 0 saturated carbocycles. The van der Waals surface area contributed by atoms with Gasteiger partial charge in [0.2, 0.25) is 6.04 Å². The first-order chi connectivity index (χ1) is 8.41. The Balaban J connectivity index is 2.36. The molecule has 1 heterocycles. The van der Waals surface area contributed by atoms with Crippen molar-refractivity contribution < 1.29 is 14.8 Å². The second kappa shape index (κ2) is 4.95. The van der Waals surface area contributed by atoms with Gasteiger partial charge in [-0.1, -0.05) is 34.1 Å². The van der Waals surface area contributed by atoms with Gasteiger partial charge in [-0.25, -0.2) is 0 Å². The molecule has 1 fully saturated rings. The molecule has 1 aromatic rings. The number of nitrogens with zero attached hydrogens (tertiary/aromatic N) is 1. The van der Waals surface area contributed by atoms with Gasteiger partial charge in [0.25, 0.3) is 0 Å². The molecule has 18 heavy (non-hydrogen) atoms. The summed E-state index contributed by atoms with van der Waals surface area (Å²) >= 11 is 3.40. The van der Waals surface area contributed by atoms with Gasteiger partial charge in [0, 0.05) is 15.8 Å². The molecule has 1 saturated heterocycles. The predicted molar refractivity (Wildman–Crippen MR) is 68.9 cm³/mol. The van der Waals surface area contributed by atoms with Crippen LogP contribution in [-0.4, -0.2) is 28.5 Å². The van der Waals surface area contributed by atoms with Crippen LogP contribution in [0.1, 0.15) is 24.8 Å². The second-order valence-corrected chi connectivity index (χ2v) is 5.53. The Hall–Kier alpha value is -0.980. The first-order valence-corrected chi connectivity index (χ1v) is 6.44. The number of rotatable bonds is 2. The monoisotopic (exact) mass is 315 g/mol. The lowest BCUT2D eigenvalue weighted by atomic mass is 9.84. The standard InChI is InChI=1S/C12H14BrNO4/c1-12(15)6-9(11(7-18-12)14(16)17)8-4-2-3-5-10(8)13/h2-5,9,11,15H,6-7H2,1H3/t9-,11+,12-/m1/s1. The number of hydrogen-bond donors (Lipinski definition) is 1. The molecular weight excluding hydrogens is 302 g/mol. The van der Waals surface area contributed by atoms with Crippen molar-refractivity contribution in [3.8, 4) is 0 Å². The molecule has 0 aromatic heterocycles. The third-order valence-electron chi connectivity index (χ3n) is 3.20. The van der Waals surface area contributed by atoms with Gasteiger partial charge in [0.1, 0.15) is 6.61 Å². The maximum absolute atomic E-state index is 11.1. The molecule has 6 heteroatoms. The average molecular weight is 316 g/mol. The Morgan fingerprint density at radius 3 is 2.83 bits per heavy atom. The topological polar surface area (TPSA) is 72.6 Å². The number of halogens is 1. The van der Waals surface area contributed by atoms with Crippen LogP contribution in [0.4, 0.5) is 0 Å². The van der Waals surface area contributed by atoms with E-state index in [4.69, 9.17) is 4.74 Å². The largest absolute Gasteiger partial charge is 0.366 e. The maximum atomic E-state index is 11.1. The van der Waals surface area contributed by atoms with E-state index in [2.05, 4.69) is 15.9 Å². The number of hydrogen-bond acceptors (Lipinski definition) is 4. The van der Waals surface area contributed by atoms with E-state index in [1.54, 1.807) is 0 Å². The van der Waals surface area contributed by atoms with Crippen LogP contribution in [-0.2, 0) is 4.74 Å². The first-order valence-electron chi connectivity index (χ1n) is 5.65. The Labute approximate surface area is 113 Å². The third-order valence-corrected chi connectivity index (χ3v) is 3.93. The zero-order valence-electron chi connectivity index (χ0n) is 9.88. The first kappa shape index (κ1) is 13.5. The van der Waals surface area contributed by atoms with Gasteiger partial charge in [0.05, 0.1) is 5.92 Å². The van der Waals surface area contributed by atoms with Gasteiger partial charge < -0.3 is 9.84 Å². The van der Waals surface area contributed by atoms with E-state index >= 15 is 0 Å². The Morgan fingerprint density at radius 2 is 2.22 bits per heavy atom. The molecule has 1 aliphatic rings. The van der Waals surface area contributed by atoms with Crippen molar-refractivity contribution in [1.29, 1.82) is 0 Å². The summed E-state index contributed by atoms with van der Waals surface area (Å²) in [6.07, 6.45) is 0.210. The summed E-state index contributed by atoms with van der Waals surface area (Å²) in [7, 11) is 0. The van der Waals surface area contributed by atoms with Gasteiger partial charge in [-0.3, -0.25) is 10.1 Å². The van der Waals surface area contributed by atoms with Crippen molar-refractivity contribution in [2.45, 2.75) is 31.1 Å². The molecule has 0 aliphatic carbocycles. The minimum atomic E-state index is -1.31. The molecule has 5 nitrogen and oxygen atoms in total. The quantitative estimate of drug-likeness (QED) is 0.671. The van der Waals surface area contributed by atoms with Crippen molar-refractivity contribution >= 4 is 15.9 Å². The van der Waals surface area contributed by atoms with E-state index in [9.17, 15) is 15.2 Å². The van der Waals surface area contributed by atoms with E-state index in [1.165, 1.54) is 6.92 Å². The molecule has 0 spiro atoms. The fourth-order valence-corrected chi connectivity index (χ4v) is 2.86. The van der Waals surface area contributed by atoms with E-state index < -0.39 is 11.8 Å². The van der Waals surface area contributed by atoms with Gasteiger partial charge in [-0.15, -0.1) is 0 Å². The summed E-state index contributed by atoms with van der Waals surface area (Å²) in [5.74, 6) is -1.67. The Bertz CT molecular complexity index is 463. The van der Waals surface area contributed by atoms with Crippen LogP contribution in [0.5, 0.6) is 0 Å². The van der Waals surface area contributed by atoms with Gasteiger partial charge in [-0.2, -0.15) is 0 Å². The lowest BCUT2D eigenvalue weighted by Crippen LogP contribution is -2.46. The van der Waals surface area contributed by atoms with Crippen LogP contribution in [0.2, 0.25) is 0 Å². The highest BCUT2D eigenvalue weighted by atomic mass is 79.9. The van der Waals surface area contributed by atoms with Crippen molar-refractivity contribution in [2.75, 3.05) is 6.61 Å². The van der Waals surface area contributed by atoms with E-state index in [-0.39, 0.29) is 23.9 Å². The summed E-state index contributed by atoms with van der Waals surface area (Å²) in [6, 6.07) is 6.54. The highest BCUT2D eigenvalue weighted by Crippen LogP contribution is 2.38. The fourth-order valence-electron chi connectivity index (χ4n) is 2.28. The fraction of sp³-hybridized carbons (Fsp3) is 0.500. The molecule has 98 valence electrons. The van der Waals surface area contributed by atoms with Crippen molar-refractivity contribution in [1.82, 2.24) is 0 Å². The number of aliphatic hydroxyl groups is 1. The van der Waals surface area contributed by atoms with Crippen molar-refractivity contribution in [3.63, 3.8) is 0 Å². The highest BCUT2D eigenvalue weighted by Gasteiger charge is 2.44. The second-order valence-electron chi connectivity index (χ2n) is 4.67. The number of ether oxygens (including phenoxy) is 1. The Kier molecular flexibility index (Phi) is 3.70. The molecule has 0 amide bonds. The zero-order chi connectivity index (χ0) is 13.3. The van der Waals surface area contributed by atoms with E-state index in [0.29, 0.717) is 0 Å². The van der Waals surface area contributed by atoms with E-state index in [1.807, 2.05) is 24.3 Å². The highest BCUT2D eigenvalue weighted by molar-refractivity contribution is 9.10. The minimum absolute atomic E-state index is 0.0774. The normalized spacial score (nSPS) is 32.2. The third kappa shape index (κ3) is 2.71. The lowest BCUT2D eigenvalue weighted by molar-refractivity contribution is -0.542. The summed E-state index contributed by atoms with van der Waals surface area (Å²) in [4.78, 5) is 10.8. The summed E-state index contributed by atoms with van der Waals surface area (Å²) in [5.41, 5.74) is 0.836. The zero-order valence-corrected chi connectivity index (χ0v) is 11.5. The van der Waals surface area contributed by atoms with Gasteiger partial charge >= 0.3 is 0 Å². The van der Waals surface area contributed by atoms with Crippen LogP contribution >= 0.6 is 15.9 Å². The van der Waals surface area contributed by atoms with Gasteiger partial charge in [-0.05, 0) is 18.6 Å². The Morgan fingerprint density at radius 1 is 1.56 bits per heavy atom. The molecule has 1 aliphatic heterocycles. The molecule has 1 N–H and O–H groups in total. The predicted octanol–water partition coefficient (Wildman–Crippen LogP) is 2.31.